The second-order valence-electron chi connectivity index (χ2n) is 4.63. The van der Waals surface area contributed by atoms with Crippen LogP contribution in [0.25, 0.3) is 0 Å². The lowest BCUT2D eigenvalue weighted by atomic mass is 10.0. The maximum atomic E-state index is 12.5. The normalized spacial score (nSPS) is 15.4. The number of hydrogen-bond acceptors (Lipinski definition) is 2. The Hall–Kier alpha value is -1.35. The number of rotatable bonds is 4. The molecule has 0 atom stereocenters. The van der Waals surface area contributed by atoms with Gasteiger partial charge in [-0.15, -0.1) is 0 Å². The summed E-state index contributed by atoms with van der Waals surface area (Å²) in [6, 6.07) is 8.20. The highest BCUT2D eigenvalue weighted by atomic mass is 16.2. The highest BCUT2D eigenvalue weighted by Gasteiger charge is 2.28. The summed E-state index contributed by atoms with van der Waals surface area (Å²) in [5, 5.41) is 3.23. The number of nitrogens with zero attached hydrogens (tertiary/aromatic N) is 1. The first-order valence-corrected chi connectivity index (χ1v) is 6.31. The molecule has 1 N–H and O–H groups in total. The number of hydrogen-bond donors (Lipinski definition) is 1. The second kappa shape index (κ2) is 5.32. The van der Waals surface area contributed by atoms with E-state index >= 15 is 0 Å². The van der Waals surface area contributed by atoms with Crippen molar-refractivity contribution >= 4 is 5.91 Å². The lowest BCUT2D eigenvalue weighted by Crippen LogP contribution is -2.59. The molecule has 1 heterocycles. The Morgan fingerprint density at radius 2 is 2.12 bits per heavy atom. The van der Waals surface area contributed by atoms with E-state index in [0.717, 1.165) is 37.2 Å². The van der Waals surface area contributed by atoms with Crippen molar-refractivity contribution in [3.8, 4) is 0 Å². The first kappa shape index (κ1) is 12.1. The number of amides is 1. The van der Waals surface area contributed by atoms with E-state index in [9.17, 15) is 4.79 Å². The van der Waals surface area contributed by atoms with Crippen molar-refractivity contribution in [3.63, 3.8) is 0 Å². The van der Waals surface area contributed by atoms with Crippen LogP contribution >= 0.6 is 0 Å². The zero-order valence-electron chi connectivity index (χ0n) is 10.6. The van der Waals surface area contributed by atoms with Crippen LogP contribution in [0.4, 0.5) is 0 Å². The van der Waals surface area contributed by atoms with Gasteiger partial charge in [0.2, 0.25) is 0 Å². The predicted octanol–water partition coefficient (Wildman–Crippen LogP) is 1.82. The number of benzene rings is 1. The summed E-state index contributed by atoms with van der Waals surface area (Å²) in [6.07, 6.45) is 1.01. The molecular formula is C14H20N2O. The van der Waals surface area contributed by atoms with Crippen molar-refractivity contribution in [1.82, 2.24) is 10.2 Å². The minimum absolute atomic E-state index is 0.177. The van der Waals surface area contributed by atoms with Gasteiger partial charge in [-0.3, -0.25) is 4.79 Å². The topological polar surface area (TPSA) is 32.3 Å². The van der Waals surface area contributed by atoms with Gasteiger partial charge in [-0.1, -0.05) is 25.1 Å². The van der Waals surface area contributed by atoms with Gasteiger partial charge in [-0.25, -0.2) is 0 Å². The minimum atomic E-state index is 0.177. The number of aryl methyl sites for hydroxylation is 1. The third kappa shape index (κ3) is 2.50. The molecule has 0 radical (unpaired) electrons. The van der Waals surface area contributed by atoms with Gasteiger partial charge in [0, 0.05) is 25.2 Å². The zero-order chi connectivity index (χ0) is 12.3. The fraction of sp³-hybridized carbons (Fsp3) is 0.500. The van der Waals surface area contributed by atoms with E-state index in [2.05, 4.69) is 12.2 Å². The van der Waals surface area contributed by atoms with Gasteiger partial charge >= 0.3 is 0 Å². The Bertz CT molecular complexity index is 399. The van der Waals surface area contributed by atoms with E-state index < -0.39 is 0 Å². The molecular weight excluding hydrogens is 212 g/mol. The molecule has 1 aromatic carbocycles. The molecule has 0 saturated carbocycles. The van der Waals surface area contributed by atoms with Crippen LogP contribution in [-0.2, 0) is 0 Å². The molecule has 3 nitrogen and oxygen atoms in total. The van der Waals surface area contributed by atoms with Crippen LogP contribution < -0.4 is 5.32 Å². The van der Waals surface area contributed by atoms with E-state index in [-0.39, 0.29) is 5.91 Å². The van der Waals surface area contributed by atoms with Crippen molar-refractivity contribution in [2.75, 3.05) is 19.6 Å². The fourth-order valence-corrected chi connectivity index (χ4v) is 2.15. The van der Waals surface area contributed by atoms with Crippen LogP contribution in [0.15, 0.2) is 24.3 Å². The summed E-state index contributed by atoms with van der Waals surface area (Å²) in [5.74, 6) is 0.177. The summed E-state index contributed by atoms with van der Waals surface area (Å²) in [6.45, 7) is 6.81. The molecule has 1 aromatic rings. The molecule has 0 aliphatic carbocycles. The molecule has 1 amide bonds. The summed E-state index contributed by atoms with van der Waals surface area (Å²) in [4.78, 5) is 14.5. The van der Waals surface area contributed by atoms with Crippen molar-refractivity contribution in [2.24, 2.45) is 0 Å². The average Bonchev–Trinajstić information content (AvgIpc) is 2.26. The third-order valence-corrected chi connectivity index (χ3v) is 3.30. The summed E-state index contributed by atoms with van der Waals surface area (Å²) >= 11 is 0. The van der Waals surface area contributed by atoms with Crippen LogP contribution in [0.2, 0.25) is 0 Å². The monoisotopic (exact) mass is 232 g/mol. The van der Waals surface area contributed by atoms with Gasteiger partial charge in [0.1, 0.15) is 0 Å². The van der Waals surface area contributed by atoms with Gasteiger partial charge in [0.15, 0.2) is 0 Å². The highest BCUT2D eigenvalue weighted by molar-refractivity contribution is 5.95. The summed E-state index contributed by atoms with van der Waals surface area (Å²) in [7, 11) is 0. The van der Waals surface area contributed by atoms with E-state index in [1.165, 1.54) is 0 Å². The number of nitrogens with one attached hydrogen (secondary N) is 1. The van der Waals surface area contributed by atoms with Crippen LogP contribution in [0.5, 0.6) is 0 Å². The van der Waals surface area contributed by atoms with Gasteiger partial charge in [-0.05, 0) is 25.0 Å². The van der Waals surface area contributed by atoms with E-state index in [4.69, 9.17) is 0 Å². The molecule has 1 fully saturated rings. The smallest absolute Gasteiger partial charge is 0.254 e. The van der Waals surface area contributed by atoms with Crippen molar-refractivity contribution in [3.05, 3.63) is 35.4 Å². The Kier molecular flexibility index (Phi) is 3.79. The molecule has 0 unspecified atom stereocenters. The molecule has 0 aromatic heterocycles. The van der Waals surface area contributed by atoms with E-state index in [1.807, 2.05) is 36.1 Å². The lowest BCUT2D eigenvalue weighted by molar-refractivity contribution is 0.0615. The molecule has 2 rings (SSSR count). The third-order valence-electron chi connectivity index (χ3n) is 3.30. The van der Waals surface area contributed by atoms with Crippen molar-refractivity contribution in [1.29, 1.82) is 0 Å². The molecule has 0 bridgehead atoms. The first-order chi connectivity index (χ1) is 8.24. The van der Waals surface area contributed by atoms with Crippen LogP contribution in [-0.4, -0.2) is 36.5 Å². The Balaban J connectivity index is 2.18. The molecule has 1 saturated heterocycles. The molecule has 3 heteroatoms. The number of carbonyl (C=O) groups excluding carboxylic acids is 1. The molecule has 17 heavy (non-hydrogen) atoms. The van der Waals surface area contributed by atoms with Gasteiger partial charge in [-0.2, -0.15) is 0 Å². The molecule has 92 valence electrons. The molecule has 1 aliphatic rings. The van der Waals surface area contributed by atoms with Crippen molar-refractivity contribution in [2.45, 2.75) is 26.3 Å². The van der Waals surface area contributed by atoms with Crippen LogP contribution in [0.1, 0.15) is 29.3 Å². The first-order valence-electron chi connectivity index (χ1n) is 6.31. The van der Waals surface area contributed by atoms with Gasteiger partial charge in [0.25, 0.3) is 5.91 Å². The quantitative estimate of drug-likeness (QED) is 0.859. The molecule has 1 aliphatic heterocycles. The Labute approximate surface area is 103 Å². The Morgan fingerprint density at radius 1 is 1.41 bits per heavy atom. The maximum Gasteiger partial charge on any atom is 0.254 e. The van der Waals surface area contributed by atoms with Crippen LogP contribution in [0, 0.1) is 6.92 Å². The molecule has 0 spiro atoms. The minimum Gasteiger partial charge on any atom is -0.333 e. The van der Waals surface area contributed by atoms with E-state index in [0.29, 0.717) is 6.04 Å². The second-order valence-corrected chi connectivity index (χ2v) is 4.63. The van der Waals surface area contributed by atoms with Gasteiger partial charge < -0.3 is 10.2 Å². The summed E-state index contributed by atoms with van der Waals surface area (Å²) < 4.78 is 0. The predicted molar refractivity (Wildman–Crippen MR) is 69.2 cm³/mol. The maximum absolute atomic E-state index is 12.5. The largest absolute Gasteiger partial charge is 0.333 e. The highest BCUT2D eigenvalue weighted by Crippen LogP contribution is 2.15. The lowest BCUT2D eigenvalue weighted by Gasteiger charge is -2.38. The number of carbonyl (C=O) groups is 1. The van der Waals surface area contributed by atoms with Crippen molar-refractivity contribution < 1.29 is 4.79 Å². The average molecular weight is 232 g/mol. The zero-order valence-corrected chi connectivity index (χ0v) is 10.6. The standard InChI is InChI=1S/C14H20N2O/c1-3-8-16(12-9-15-10-12)14(17)13-7-5-4-6-11(13)2/h4-7,12,15H,3,8-10H2,1-2H3. The fourth-order valence-electron chi connectivity index (χ4n) is 2.15. The summed E-state index contributed by atoms with van der Waals surface area (Å²) in [5.41, 5.74) is 1.90. The van der Waals surface area contributed by atoms with Gasteiger partial charge in [0.05, 0.1) is 6.04 Å². The van der Waals surface area contributed by atoms with Crippen LogP contribution in [0.3, 0.4) is 0 Å². The van der Waals surface area contributed by atoms with E-state index in [1.54, 1.807) is 0 Å². The SMILES string of the molecule is CCCN(C(=O)c1ccccc1C)C1CNC1. The Morgan fingerprint density at radius 3 is 2.65 bits per heavy atom.